The Morgan fingerprint density at radius 2 is 1.81 bits per heavy atom. The van der Waals surface area contributed by atoms with Crippen molar-refractivity contribution in [1.82, 2.24) is 29.7 Å². The molecule has 43 heavy (non-hydrogen) atoms. The van der Waals surface area contributed by atoms with Crippen LogP contribution in [0.5, 0.6) is 11.5 Å². The van der Waals surface area contributed by atoms with Crippen LogP contribution in [-0.4, -0.2) is 74.7 Å². The number of aryl methyl sites for hydroxylation is 1. The summed E-state index contributed by atoms with van der Waals surface area (Å²) in [5.41, 5.74) is 4.25. The lowest BCUT2D eigenvalue weighted by molar-refractivity contribution is -0.132. The molecule has 11 nitrogen and oxygen atoms in total. The molecule has 7 rings (SSSR count). The molecule has 0 radical (unpaired) electrons. The molecule has 2 aliphatic heterocycles. The number of amides is 2. The highest BCUT2D eigenvalue weighted by molar-refractivity contribution is 5.81. The summed E-state index contributed by atoms with van der Waals surface area (Å²) in [7, 11) is 0. The van der Waals surface area contributed by atoms with Gasteiger partial charge < -0.3 is 24.6 Å². The molecule has 1 unspecified atom stereocenters. The van der Waals surface area contributed by atoms with Crippen LogP contribution >= 0.6 is 0 Å². The number of rotatable bonds is 7. The van der Waals surface area contributed by atoms with Crippen LogP contribution in [0.1, 0.15) is 28.8 Å². The quantitative estimate of drug-likeness (QED) is 0.356. The predicted molar refractivity (Wildman–Crippen MR) is 158 cm³/mol. The number of imidazole rings is 1. The number of benzene rings is 2. The molecule has 3 aliphatic rings. The van der Waals surface area contributed by atoms with E-state index in [9.17, 15) is 9.59 Å². The number of anilines is 1. The number of nitrogens with zero attached hydrogens (tertiary/aromatic N) is 6. The number of carbonyl (C=O) groups excluding carboxylic acids is 2. The van der Waals surface area contributed by atoms with Gasteiger partial charge in [-0.1, -0.05) is 30.3 Å². The van der Waals surface area contributed by atoms with Crippen molar-refractivity contribution in [2.75, 3.05) is 31.3 Å². The van der Waals surface area contributed by atoms with Gasteiger partial charge in [-0.15, -0.1) is 0 Å². The lowest BCUT2D eigenvalue weighted by Gasteiger charge is -2.42. The first kappa shape index (κ1) is 26.9. The zero-order valence-electron chi connectivity index (χ0n) is 24.0. The number of nitrogens with one attached hydrogen (secondary N) is 1. The average Bonchev–Trinajstić information content (AvgIpc) is 3.77. The van der Waals surface area contributed by atoms with Gasteiger partial charge in [0, 0.05) is 56.3 Å². The molecule has 1 fully saturated rings. The molecule has 1 aliphatic carbocycles. The third kappa shape index (κ3) is 5.75. The molecule has 2 aromatic heterocycles. The van der Waals surface area contributed by atoms with Crippen LogP contribution in [0.3, 0.4) is 0 Å². The minimum atomic E-state index is -0.261. The molecule has 1 saturated heterocycles. The van der Waals surface area contributed by atoms with Gasteiger partial charge in [0.25, 0.3) is 0 Å². The monoisotopic (exact) mass is 579 g/mol. The molecule has 0 spiro atoms. The van der Waals surface area contributed by atoms with E-state index in [0.717, 1.165) is 29.9 Å². The molecular formula is C32H33N7O4. The number of aromatic nitrogens is 4. The Hall–Kier alpha value is -4.93. The molecule has 2 amide bonds. The van der Waals surface area contributed by atoms with Gasteiger partial charge in [0.1, 0.15) is 12.1 Å². The highest BCUT2D eigenvalue weighted by Gasteiger charge is 2.33. The van der Waals surface area contributed by atoms with E-state index >= 15 is 0 Å². The second-order valence-electron chi connectivity index (χ2n) is 11.3. The Kier molecular flexibility index (Phi) is 7.14. The predicted octanol–water partition coefficient (Wildman–Crippen LogP) is 2.63. The van der Waals surface area contributed by atoms with Gasteiger partial charge >= 0.3 is 0 Å². The third-order valence-corrected chi connectivity index (χ3v) is 8.32. The van der Waals surface area contributed by atoms with Crippen molar-refractivity contribution >= 4 is 17.6 Å². The van der Waals surface area contributed by atoms with Crippen molar-refractivity contribution in [3.05, 3.63) is 89.6 Å². The molecule has 0 saturated carbocycles. The molecule has 4 heterocycles. The number of hydrogen-bond acceptors (Lipinski definition) is 8. The first-order valence-corrected chi connectivity index (χ1v) is 14.6. The van der Waals surface area contributed by atoms with Gasteiger partial charge in [0.15, 0.2) is 11.5 Å². The van der Waals surface area contributed by atoms with Gasteiger partial charge in [0.05, 0.1) is 12.5 Å². The summed E-state index contributed by atoms with van der Waals surface area (Å²) < 4.78 is 12.7. The summed E-state index contributed by atoms with van der Waals surface area (Å²) in [5, 5.41) is 3.26. The Bertz CT molecular complexity index is 1630. The van der Waals surface area contributed by atoms with E-state index < -0.39 is 0 Å². The lowest BCUT2D eigenvalue weighted by atomic mass is 10.0. The van der Waals surface area contributed by atoms with E-state index in [1.165, 1.54) is 11.1 Å². The minimum Gasteiger partial charge on any atom is -0.454 e. The summed E-state index contributed by atoms with van der Waals surface area (Å²) in [6.45, 7) is 3.58. The van der Waals surface area contributed by atoms with Crippen molar-refractivity contribution in [1.29, 1.82) is 0 Å². The molecule has 2 aromatic carbocycles. The fourth-order valence-corrected chi connectivity index (χ4v) is 6.23. The van der Waals surface area contributed by atoms with Crippen molar-refractivity contribution in [2.45, 2.75) is 44.7 Å². The molecule has 11 heteroatoms. The highest BCUT2D eigenvalue weighted by Crippen LogP contribution is 2.33. The maximum absolute atomic E-state index is 13.5. The Labute approximate surface area is 249 Å². The Morgan fingerprint density at radius 1 is 1.00 bits per heavy atom. The van der Waals surface area contributed by atoms with Gasteiger partial charge in [0.2, 0.25) is 24.6 Å². The Morgan fingerprint density at radius 3 is 2.60 bits per heavy atom. The van der Waals surface area contributed by atoms with Gasteiger partial charge in [-0.3, -0.25) is 14.2 Å². The SMILES string of the molecule is Cc1cc(N2CCN(C(=O)Cc3ccc4c(c3)OCO4)CC2CC(=O)NC2Cc3ccccc3C2)nc(-n2ccnc2)n1. The van der Waals surface area contributed by atoms with E-state index in [1.807, 2.05) is 48.2 Å². The van der Waals surface area contributed by atoms with Gasteiger partial charge in [-0.05, 0) is 48.6 Å². The van der Waals surface area contributed by atoms with E-state index in [4.69, 9.17) is 14.5 Å². The third-order valence-electron chi connectivity index (χ3n) is 8.32. The maximum Gasteiger partial charge on any atom is 0.237 e. The highest BCUT2D eigenvalue weighted by atomic mass is 16.7. The largest absolute Gasteiger partial charge is 0.454 e. The minimum absolute atomic E-state index is 0.00754. The smallest absolute Gasteiger partial charge is 0.237 e. The lowest BCUT2D eigenvalue weighted by Crippen LogP contribution is -2.57. The van der Waals surface area contributed by atoms with Crippen molar-refractivity contribution in [3.63, 3.8) is 0 Å². The van der Waals surface area contributed by atoms with Crippen molar-refractivity contribution < 1.29 is 19.1 Å². The fraction of sp³-hybridized carbons (Fsp3) is 0.344. The number of fused-ring (bicyclic) bond motifs is 2. The first-order chi connectivity index (χ1) is 21.0. The van der Waals surface area contributed by atoms with Crippen LogP contribution in [0.2, 0.25) is 0 Å². The molecule has 1 atom stereocenters. The summed E-state index contributed by atoms with van der Waals surface area (Å²) in [5.74, 6) is 2.57. The fourth-order valence-electron chi connectivity index (χ4n) is 6.23. The van der Waals surface area contributed by atoms with Crippen LogP contribution in [0.25, 0.3) is 5.95 Å². The van der Waals surface area contributed by atoms with E-state index in [-0.39, 0.29) is 43.5 Å². The second kappa shape index (κ2) is 11.4. The average molecular weight is 580 g/mol. The topological polar surface area (TPSA) is 115 Å². The zero-order valence-corrected chi connectivity index (χ0v) is 24.0. The molecule has 1 N–H and O–H groups in total. The van der Waals surface area contributed by atoms with Gasteiger partial charge in [-0.2, -0.15) is 4.98 Å². The van der Waals surface area contributed by atoms with Crippen molar-refractivity contribution in [3.8, 4) is 17.4 Å². The maximum atomic E-state index is 13.5. The van der Waals surface area contributed by atoms with Crippen LogP contribution in [-0.2, 0) is 28.9 Å². The number of ether oxygens (including phenoxy) is 2. The molecular weight excluding hydrogens is 546 g/mol. The second-order valence-corrected chi connectivity index (χ2v) is 11.3. The summed E-state index contributed by atoms with van der Waals surface area (Å²) >= 11 is 0. The van der Waals surface area contributed by atoms with Crippen LogP contribution in [0.4, 0.5) is 5.82 Å². The van der Waals surface area contributed by atoms with Crippen molar-refractivity contribution in [2.24, 2.45) is 0 Å². The van der Waals surface area contributed by atoms with Crippen LogP contribution in [0, 0.1) is 6.92 Å². The number of hydrogen-bond donors (Lipinski definition) is 1. The summed E-state index contributed by atoms with van der Waals surface area (Å²) in [6, 6.07) is 15.7. The number of piperazine rings is 1. The van der Waals surface area contributed by atoms with E-state index in [2.05, 4.69) is 32.3 Å². The van der Waals surface area contributed by atoms with Crippen LogP contribution < -0.4 is 19.7 Å². The van der Waals surface area contributed by atoms with Gasteiger partial charge in [-0.25, -0.2) is 9.97 Å². The standard InChI is InChI=1S/C32H33N7O4/c1-21-12-29(36-32(34-21)38-9-8-33-19-38)39-11-10-37(31(41)14-22-6-7-27-28(13-22)43-20-42-27)18-26(39)17-30(40)35-25-15-23-4-2-3-5-24(23)16-25/h2-9,12-13,19,25-26H,10-11,14-18,20H2,1H3,(H,35,40). The normalized spacial score (nSPS) is 17.7. The first-order valence-electron chi connectivity index (χ1n) is 14.6. The van der Waals surface area contributed by atoms with Crippen LogP contribution in [0.15, 0.2) is 67.3 Å². The summed E-state index contributed by atoms with van der Waals surface area (Å²) in [4.78, 5) is 44.5. The number of carbonyl (C=O) groups is 2. The van der Waals surface area contributed by atoms with E-state index in [1.54, 1.807) is 23.3 Å². The Balaban J connectivity index is 1.09. The molecule has 0 bridgehead atoms. The summed E-state index contributed by atoms with van der Waals surface area (Å²) in [6.07, 6.45) is 7.29. The molecule has 4 aromatic rings. The zero-order chi connectivity index (χ0) is 29.3. The molecule has 220 valence electrons. The van der Waals surface area contributed by atoms with E-state index in [0.29, 0.717) is 37.1 Å².